The zero-order valence-electron chi connectivity index (χ0n) is 10.5. The highest BCUT2D eigenvalue weighted by molar-refractivity contribution is 5.61. The standard InChI is InChI=1S/C14H13N3O2/c1-10-12-6-3-2-5-11(12)9-16(10)14-13(17(18)19)7-4-8-15-14/h2-8,10H,9H2,1H3. The lowest BCUT2D eigenvalue weighted by Gasteiger charge is -2.22. The first-order chi connectivity index (χ1) is 9.18. The van der Waals surface area contributed by atoms with E-state index in [1.54, 1.807) is 12.3 Å². The Bertz CT molecular complexity index is 642. The number of rotatable bonds is 2. The Morgan fingerprint density at radius 1 is 1.32 bits per heavy atom. The van der Waals surface area contributed by atoms with Gasteiger partial charge in [-0.25, -0.2) is 4.98 Å². The lowest BCUT2D eigenvalue weighted by atomic mass is 10.1. The van der Waals surface area contributed by atoms with Crippen LogP contribution in [0.1, 0.15) is 24.1 Å². The van der Waals surface area contributed by atoms with Crippen molar-refractivity contribution < 1.29 is 4.92 Å². The van der Waals surface area contributed by atoms with Crippen molar-refractivity contribution in [2.45, 2.75) is 19.5 Å². The lowest BCUT2D eigenvalue weighted by Crippen LogP contribution is -2.21. The van der Waals surface area contributed by atoms with E-state index in [1.807, 2.05) is 24.0 Å². The molecule has 1 aliphatic rings. The summed E-state index contributed by atoms with van der Waals surface area (Å²) in [5.41, 5.74) is 2.47. The number of pyridine rings is 1. The fraction of sp³-hybridized carbons (Fsp3) is 0.214. The molecule has 1 aliphatic heterocycles. The molecule has 1 aromatic heterocycles. The van der Waals surface area contributed by atoms with Crippen LogP contribution in [0.2, 0.25) is 0 Å². The Balaban J connectivity index is 2.05. The van der Waals surface area contributed by atoms with Gasteiger partial charge in [0.25, 0.3) is 0 Å². The van der Waals surface area contributed by atoms with E-state index in [4.69, 9.17) is 0 Å². The first kappa shape index (κ1) is 11.6. The number of anilines is 1. The molecule has 96 valence electrons. The topological polar surface area (TPSA) is 59.3 Å². The van der Waals surface area contributed by atoms with Crippen molar-refractivity contribution in [2.24, 2.45) is 0 Å². The largest absolute Gasteiger partial charge is 0.340 e. The molecule has 0 aliphatic carbocycles. The third-order valence-corrected chi connectivity index (χ3v) is 3.55. The Labute approximate surface area is 110 Å². The van der Waals surface area contributed by atoms with Crippen molar-refractivity contribution in [1.82, 2.24) is 4.98 Å². The van der Waals surface area contributed by atoms with E-state index in [1.165, 1.54) is 17.2 Å². The van der Waals surface area contributed by atoms with Gasteiger partial charge in [-0.3, -0.25) is 10.1 Å². The molecule has 0 N–H and O–H groups in total. The summed E-state index contributed by atoms with van der Waals surface area (Å²) in [7, 11) is 0. The predicted octanol–water partition coefficient (Wildman–Crippen LogP) is 3.07. The molecule has 1 unspecified atom stereocenters. The van der Waals surface area contributed by atoms with Crippen molar-refractivity contribution in [3.05, 3.63) is 63.8 Å². The predicted molar refractivity (Wildman–Crippen MR) is 71.9 cm³/mol. The van der Waals surface area contributed by atoms with Crippen LogP contribution in [0.3, 0.4) is 0 Å². The molecule has 1 aromatic carbocycles. The van der Waals surface area contributed by atoms with Gasteiger partial charge in [-0.05, 0) is 24.1 Å². The second-order valence-electron chi connectivity index (χ2n) is 4.61. The van der Waals surface area contributed by atoms with Crippen LogP contribution >= 0.6 is 0 Å². The van der Waals surface area contributed by atoms with Gasteiger partial charge in [0.1, 0.15) is 0 Å². The number of nitrogens with zero attached hydrogens (tertiary/aromatic N) is 3. The minimum Gasteiger partial charge on any atom is -0.340 e. The Morgan fingerprint density at radius 3 is 2.84 bits per heavy atom. The number of hydrogen-bond acceptors (Lipinski definition) is 4. The summed E-state index contributed by atoms with van der Waals surface area (Å²) in [6.45, 7) is 2.71. The van der Waals surface area contributed by atoms with Gasteiger partial charge in [0.15, 0.2) is 0 Å². The number of fused-ring (bicyclic) bond motifs is 1. The summed E-state index contributed by atoms with van der Waals surface area (Å²) in [6, 6.07) is 11.3. The van der Waals surface area contributed by atoms with Gasteiger partial charge in [0.05, 0.1) is 11.0 Å². The summed E-state index contributed by atoms with van der Waals surface area (Å²) in [4.78, 5) is 16.9. The summed E-state index contributed by atoms with van der Waals surface area (Å²) < 4.78 is 0. The second-order valence-corrected chi connectivity index (χ2v) is 4.61. The molecule has 2 aromatic rings. The Morgan fingerprint density at radius 2 is 2.11 bits per heavy atom. The molecule has 0 bridgehead atoms. The first-order valence-corrected chi connectivity index (χ1v) is 6.12. The fourth-order valence-electron chi connectivity index (χ4n) is 2.58. The van der Waals surface area contributed by atoms with Gasteiger partial charge in [-0.1, -0.05) is 24.3 Å². The van der Waals surface area contributed by atoms with Crippen LogP contribution in [0.5, 0.6) is 0 Å². The van der Waals surface area contributed by atoms with E-state index >= 15 is 0 Å². The highest BCUT2D eigenvalue weighted by Gasteiger charge is 2.31. The van der Waals surface area contributed by atoms with Crippen molar-refractivity contribution in [3.8, 4) is 0 Å². The average Bonchev–Trinajstić information content (AvgIpc) is 2.76. The van der Waals surface area contributed by atoms with E-state index in [0.29, 0.717) is 12.4 Å². The Kier molecular flexibility index (Phi) is 2.67. The van der Waals surface area contributed by atoms with Crippen LogP contribution in [0, 0.1) is 10.1 Å². The number of aromatic nitrogens is 1. The van der Waals surface area contributed by atoms with Gasteiger partial charge >= 0.3 is 5.69 Å². The van der Waals surface area contributed by atoms with Crippen LogP contribution < -0.4 is 4.90 Å². The zero-order valence-corrected chi connectivity index (χ0v) is 10.5. The summed E-state index contributed by atoms with van der Waals surface area (Å²) in [5, 5.41) is 11.1. The summed E-state index contributed by atoms with van der Waals surface area (Å²) in [5.74, 6) is 0.441. The van der Waals surface area contributed by atoms with Crippen molar-refractivity contribution >= 4 is 11.5 Å². The van der Waals surface area contributed by atoms with E-state index < -0.39 is 0 Å². The van der Waals surface area contributed by atoms with Crippen molar-refractivity contribution in [1.29, 1.82) is 0 Å². The maximum absolute atomic E-state index is 11.1. The van der Waals surface area contributed by atoms with Gasteiger partial charge in [0, 0.05) is 18.8 Å². The molecule has 0 radical (unpaired) electrons. The molecular formula is C14H13N3O2. The smallest absolute Gasteiger partial charge is 0.311 e. The molecule has 0 spiro atoms. The molecule has 1 atom stereocenters. The molecule has 0 saturated heterocycles. The molecular weight excluding hydrogens is 242 g/mol. The number of benzene rings is 1. The highest BCUT2D eigenvalue weighted by atomic mass is 16.6. The molecule has 5 heteroatoms. The summed E-state index contributed by atoms with van der Waals surface area (Å²) >= 11 is 0. The number of nitro groups is 1. The monoisotopic (exact) mass is 255 g/mol. The van der Waals surface area contributed by atoms with Crippen molar-refractivity contribution in [3.63, 3.8) is 0 Å². The molecule has 5 nitrogen and oxygen atoms in total. The molecule has 2 heterocycles. The van der Waals surface area contributed by atoms with E-state index in [9.17, 15) is 10.1 Å². The van der Waals surface area contributed by atoms with Crippen LogP contribution in [0.25, 0.3) is 0 Å². The lowest BCUT2D eigenvalue weighted by molar-refractivity contribution is -0.384. The van der Waals surface area contributed by atoms with Crippen molar-refractivity contribution in [2.75, 3.05) is 4.90 Å². The minimum absolute atomic E-state index is 0.0576. The molecule has 3 rings (SSSR count). The third-order valence-electron chi connectivity index (χ3n) is 3.55. The van der Waals surface area contributed by atoms with E-state index in [0.717, 1.165) is 0 Å². The zero-order chi connectivity index (χ0) is 13.4. The molecule has 0 fully saturated rings. The molecule has 0 saturated carbocycles. The quantitative estimate of drug-likeness (QED) is 0.611. The minimum atomic E-state index is -0.377. The average molecular weight is 255 g/mol. The van der Waals surface area contributed by atoms with Crippen LogP contribution in [-0.4, -0.2) is 9.91 Å². The van der Waals surface area contributed by atoms with E-state index in [2.05, 4.69) is 17.1 Å². The van der Waals surface area contributed by atoms with Gasteiger partial charge < -0.3 is 4.90 Å². The van der Waals surface area contributed by atoms with Crippen LogP contribution in [0.4, 0.5) is 11.5 Å². The molecule has 0 amide bonds. The van der Waals surface area contributed by atoms with Crippen LogP contribution in [-0.2, 0) is 6.54 Å². The third kappa shape index (κ3) is 1.83. The Hall–Kier alpha value is -2.43. The maximum Gasteiger partial charge on any atom is 0.311 e. The normalized spacial score (nSPS) is 17.3. The number of hydrogen-bond donors (Lipinski definition) is 0. The maximum atomic E-state index is 11.1. The van der Waals surface area contributed by atoms with Gasteiger partial charge in [-0.2, -0.15) is 0 Å². The molecule has 19 heavy (non-hydrogen) atoms. The van der Waals surface area contributed by atoms with Crippen LogP contribution in [0.15, 0.2) is 42.6 Å². The SMILES string of the molecule is CC1c2ccccc2CN1c1ncccc1[N+](=O)[O-]. The van der Waals surface area contributed by atoms with Gasteiger partial charge in [0.2, 0.25) is 5.82 Å². The second kappa shape index (κ2) is 4.35. The first-order valence-electron chi connectivity index (χ1n) is 6.12. The highest BCUT2D eigenvalue weighted by Crippen LogP contribution is 2.39. The fourth-order valence-corrected chi connectivity index (χ4v) is 2.58. The summed E-state index contributed by atoms with van der Waals surface area (Å²) in [6.07, 6.45) is 1.60. The van der Waals surface area contributed by atoms with E-state index in [-0.39, 0.29) is 16.7 Å². The van der Waals surface area contributed by atoms with Gasteiger partial charge in [-0.15, -0.1) is 0 Å².